The molecule has 0 saturated carbocycles. The minimum Gasteiger partial charge on any atom is -0.469 e. The lowest BCUT2D eigenvalue weighted by Gasteiger charge is -2.23. The normalized spacial score (nSPS) is 11.1. The van der Waals surface area contributed by atoms with Gasteiger partial charge in [0, 0.05) is 12.2 Å². The fourth-order valence-corrected chi connectivity index (χ4v) is 1.84. The van der Waals surface area contributed by atoms with Crippen molar-refractivity contribution in [3.05, 3.63) is 29.8 Å². The predicted molar refractivity (Wildman–Crippen MR) is 74.7 cm³/mol. The van der Waals surface area contributed by atoms with Gasteiger partial charge in [-0.3, -0.25) is 4.79 Å². The third-order valence-corrected chi connectivity index (χ3v) is 3.00. The van der Waals surface area contributed by atoms with Crippen LogP contribution in [0.1, 0.15) is 32.8 Å². The Labute approximate surface area is 110 Å². The summed E-state index contributed by atoms with van der Waals surface area (Å²) in [7, 11) is 1.43. The molecule has 3 nitrogen and oxygen atoms in total. The number of carbonyl (C=O) groups is 1. The number of para-hydroxylation sites is 1. The largest absolute Gasteiger partial charge is 0.469 e. The van der Waals surface area contributed by atoms with Gasteiger partial charge in [-0.05, 0) is 31.9 Å². The average molecular weight is 249 g/mol. The highest BCUT2D eigenvalue weighted by Crippen LogP contribution is 2.21. The summed E-state index contributed by atoms with van der Waals surface area (Å²) < 4.78 is 4.80. The monoisotopic (exact) mass is 249 g/mol. The van der Waals surface area contributed by atoms with Crippen LogP contribution in [0.4, 0.5) is 5.69 Å². The molecule has 0 aromatic heterocycles. The van der Waals surface area contributed by atoms with Gasteiger partial charge >= 0.3 is 5.97 Å². The van der Waals surface area contributed by atoms with E-state index in [0.29, 0.717) is 6.54 Å². The summed E-state index contributed by atoms with van der Waals surface area (Å²) in [5.74, 6) is -0.192. The zero-order valence-electron chi connectivity index (χ0n) is 11.7. The zero-order valence-corrected chi connectivity index (χ0v) is 11.7. The fourth-order valence-electron chi connectivity index (χ4n) is 1.84. The van der Waals surface area contributed by atoms with E-state index in [1.165, 1.54) is 12.7 Å². The number of hydrogen-bond acceptors (Lipinski definition) is 3. The smallest absolute Gasteiger partial charge is 0.313 e. The Bertz CT molecular complexity index is 399. The molecule has 0 aliphatic carbocycles. The molecule has 1 N–H and O–H groups in total. The first-order valence-corrected chi connectivity index (χ1v) is 6.41. The quantitative estimate of drug-likeness (QED) is 0.786. The topological polar surface area (TPSA) is 38.3 Å². The number of aryl methyl sites for hydroxylation is 1. The van der Waals surface area contributed by atoms with Crippen LogP contribution in [0.5, 0.6) is 0 Å². The Kier molecular flexibility index (Phi) is 5.20. The molecule has 0 amide bonds. The minimum atomic E-state index is -0.520. The minimum absolute atomic E-state index is 0.192. The number of benzene rings is 1. The van der Waals surface area contributed by atoms with Crippen molar-refractivity contribution in [2.75, 3.05) is 19.0 Å². The molecular weight excluding hydrogens is 226 g/mol. The maximum Gasteiger partial charge on any atom is 0.313 e. The molecule has 3 heteroatoms. The van der Waals surface area contributed by atoms with E-state index in [4.69, 9.17) is 4.74 Å². The molecule has 0 fully saturated rings. The van der Waals surface area contributed by atoms with E-state index >= 15 is 0 Å². The maximum absolute atomic E-state index is 11.6. The second-order valence-corrected chi connectivity index (χ2v) is 5.14. The van der Waals surface area contributed by atoms with Crippen molar-refractivity contribution in [3.63, 3.8) is 0 Å². The highest BCUT2D eigenvalue weighted by atomic mass is 16.5. The highest BCUT2D eigenvalue weighted by Gasteiger charge is 2.28. The highest BCUT2D eigenvalue weighted by molar-refractivity contribution is 5.76. The fraction of sp³-hybridized carbons (Fsp3) is 0.533. The van der Waals surface area contributed by atoms with Gasteiger partial charge in [-0.1, -0.05) is 31.5 Å². The van der Waals surface area contributed by atoms with E-state index in [2.05, 4.69) is 24.4 Å². The Morgan fingerprint density at radius 3 is 2.61 bits per heavy atom. The molecule has 0 bridgehead atoms. The van der Waals surface area contributed by atoms with Gasteiger partial charge < -0.3 is 10.1 Å². The van der Waals surface area contributed by atoms with Crippen LogP contribution < -0.4 is 5.32 Å². The summed E-state index contributed by atoms with van der Waals surface area (Å²) in [5, 5.41) is 3.35. The number of carbonyl (C=O) groups excluding carboxylic acids is 1. The van der Waals surface area contributed by atoms with E-state index < -0.39 is 5.41 Å². The molecule has 0 atom stereocenters. The Morgan fingerprint density at radius 1 is 1.33 bits per heavy atom. The lowest BCUT2D eigenvalue weighted by atomic mass is 9.93. The van der Waals surface area contributed by atoms with E-state index in [0.717, 1.165) is 18.5 Å². The van der Waals surface area contributed by atoms with Gasteiger partial charge in [-0.25, -0.2) is 0 Å². The number of ether oxygens (including phenoxy) is 1. The number of hydrogen-bond donors (Lipinski definition) is 1. The predicted octanol–water partition coefficient (Wildman–Crippen LogP) is 3.25. The molecule has 0 aliphatic heterocycles. The van der Waals surface area contributed by atoms with Gasteiger partial charge in [0.15, 0.2) is 0 Å². The van der Waals surface area contributed by atoms with Crippen molar-refractivity contribution in [1.29, 1.82) is 0 Å². The van der Waals surface area contributed by atoms with Crippen LogP contribution in [0, 0.1) is 5.41 Å². The van der Waals surface area contributed by atoms with Crippen LogP contribution in [0.2, 0.25) is 0 Å². The molecule has 18 heavy (non-hydrogen) atoms. The van der Waals surface area contributed by atoms with Crippen LogP contribution in [0.15, 0.2) is 24.3 Å². The third kappa shape index (κ3) is 3.76. The molecule has 0 heterocycles. The standard InChI is InChI=1S/C15H23NO2/c1-5-8-12-9-6-7-10-13(12)16-11-15(2,3)14(17)18-4/h6-7,9-10,16H,5,8,11H2,1-4H3. The lowest BCUT2D eigenvalue weighted by Crippen LogP contribution is -2.33. The van der Waals surface area contributed by atoms with Crippen molar-refractivity contribution in [3.8, 4) is 0 Å². The van der Waals surface area contributed by atoms with E-state index in [1.807, 2.05) is 26.0 Å². The number of esters is 1. The van der Waals surface area contributed by atoms with Gasteiger partial charge in [-0.2, -0.15) is 0 Å². The summed E-state index contributed by atoms with van der Waals surface area (Å²) >= 11 is 0. The molecule has 1 aromatic rings. The Morgan fingerprint density at radius 2 is 2.00 bits per heavy atom. The number of rotatable bonds is 6. The van der Waals surface area contributed by atoms with Crippen LogP contribution in [-0.4, -0.2) is 19.6 Å². The lowest BCUT2D eigenvalue weighted by molar-refractivity contribution is -0.149. The van der Waals surface area contributed by atoms with Crippen LogP contribution in [0.25, 0.3) is 0 Å². The van der Waals surface area contributed by atoms with E-state index in [9.17, 15) is 4.79 Å². The molecule has 1 rings (SSSR count). The van der Waals surface area contributed by atoms with E-state index in [-0.39, 0.29) is 5.97 Å². The molecule has 0 radical (unpaired) electrons. The zero-order chi connectivity index (χ0) is 13.6. The molecule has 0 spiro atoms. The summed E-state index contributed by atoms with van der Waals surface area (Å²) in [6.45, 7) is 6.50. The van der Waals surface area contributed by atoms with Crippen molar-refractivity contribution in [2.45, 2.75) is 33.6 Å². The maximum atomic E-state index is 11.6. The second-order valence-electron chi connectivity index (χ2n) is 5.14. The summed E-state index contributed by atoms with van der Waals surface area (Å²) in [5.41, 5.74) is 1.88. The average Bonchev–Trinajstić information content (AvgIpc) is 2.37. The van der Waals surface area contributed by atoms with Gasteiger partial charge in [0.2, 0.25) is 0 Å². The van der Waals surface area contributed by atoms with E-state index in [1.54, 1.807) is 0 Å². The van der Waals surface area contributed by atoms with Crippen molar-refractivity contribution >= 4 is 11.7 Å². The number of nitrogens with one attached hydrogen (secondary N) is 1. The third-order valence-electron chi connectivity index (χ3n) is 3.00. The van der Waals surface area contributed by atoms with Crippen molar-refractivity contribution in [2.24, 2.45) is 5.41 Å². The first-order valence-electron chi connectivity index (χ1n) is 6.41. The Hall–Kier alpha value is -1.51. The van der Waals surface area contributed by atoms with Crippen LogP contribution in [-0.2, 0) is 16.0 Å². The molecule has 1 aromatic carbocycles. The van der Waals surface area contributed by atoms with Gasteiger partial charge in [0.05, 0.1) is 12.5 Å². The van der Waals surface area contributed by atoms with Crippen LogP contribution in [0.3, 0.4) is 0 Å². The summed E-state index contributed by atoms with van der Waals surface area (Å²) in [6, 6.07) is 8.23. The van der Waals surface area contributed by atoms with Gasteiger partial charge in [-0.15, -0.1) is 0 Å². The molecule has 0 unspecified atom stereocenters. The number of anilines is 1. The molecule has 0 saturated heterocycles. The molecule has 100 valence electrons. The van der Waals surface area contributed by atoms with Crippen molar-refractivity contribution in [1.82, 2.24) is 0 Å². The van der Waals surface area contributed by atoms with Gasteiger partial charge in [0.1, 0.15) is 0 Å². The second kappa shape index (κ2) is 6.43. The first kappa shape index (κ1) is 14.6. The molecular formula is C15H23NO2. The SMILES string of the molecule is CCCc1ccccc1NCC(C)(C)C(=O)OC. The number of methoxy groups -OCH3 is 1. The molecule has 0 aliphatic rings. The Balaban J connectivity index is 2.71. The van der Waals surface area contributed by atoms with Crippen molar-refractivity contribution < 1.29 is 9.53 Å². The summed E-state index contributed by atoms with van der Waals surface area (Å²) in [4.78, 5) is 11.6. The van der Waals surface area contributed by atoms with Crippen LogP contribution >= 0.6 is 0 Å². The summed E-state index contributed by atoms with van der Waals surface area (Å²) in [6.07, 6.45) is 2.15. The van der Waals surface area contributed by atoms with Gasteiger partial charge in [0.25, 0.3) is 0 Å². The first-order chi connectivity index (χ1) is 8.51.